The zero-order chi connectivity index (χ0) is 7.14. The Hall–Kier alpha value is -0.0800. The molecule has 1 unspecified atom stereocenters. The predicted molar refractivity (Wildman–Crippen MR) is 42.1 cm³/mol. The lowest BCUT2D eigenvalue weighted by Crippen LogP contribution is -2.44. The van der Waals surface area contributed by atoms with E-state index in [-0.39, 0.29) is 0 Å². The Morgan fingerprint density at radius 1 is 1.30 bits per heavy atom. The molecule has 2 rings (SSSR count). The van der Waals surface area contributed by atoms with Crippen molar-refractivity contribution in [2.75, 3.05) is 26.7 Å². The minimum absolute atomic E-state index is 0.880. The number of likely N-dealkylation sites (tertiary alicyclic amines) is 2. The molecule has 0 aliphatic carbocycles. The number of rotatable bonds is 1. The van der Waals surface area contributed by atoms with Gasteiger partial charge >= 0.3 is 0 Å². The first kappa shape index (κ1) is 6.62. The highest BCUT2D eigenvalue weighted by Gasteiger charge is 2.40. The molecule has 10 heavy (non-hydrogen) atoms. The third kappa shape index (κ3) is 0.789. The molecule has 0 spiro atoms. The molecule has 2 heteroatoms. The van der Waals surface area contributed by atoms with Gasteiger partial charge in [-0.25, -0.2) is 0 Å². The number of likely N-dealkylation sites (N-methyl/N-ethyl adjacent to an activating group) is 2. The maximum Gasteiger partial charge on any atom is 0.0239 e. The second kappa shape index (κ2) is 2.21. The lowest BCUT2D eigenvalue weighted by Gasteiger charge is -2.30. The lowest BCUT2D eigenvalue weighted by atomic mass is 10.2. The van der Waals surface area contributed by atoms with Gasteiger partial charge in [0.05, 0.1) is 0 Å². The van der Waals surface area contributed by atoms with Crippen molar-refractivity contribution >= 4 is 0 Å². The van der Waals surface area contributed by atoms with Gasteiger partial charge in [-0.3, -0.25) is 4.90 Å². The van der Waals surface area contributed by atoms with Crippen LogP contribution in [0.4, 0.5) is 0 Å². The Labute approximate surface area is 62.8 Å². The highest BCUT2D eigenvalue weighted by atomic mass is 15.3. The average molecular weight is 140 g/mol. The summed E-state index contributed by atoms with van der Waals surface area (Å²) in [6.45, 7) is 6.13. The van der Waals surface area contributed by atoms with Crippen LogP contribution in [0.3, 0.4) is 0 Å². The first-order chi connectivity index (χ1) is 4.81. The van der Waals surface area contributed by atoms with Gasteiger partial charge in [-0.2, -0.15) is 0 Å². The molecule has 2 nitrogen and oxygen atoms in total. The number of hydrogen-bond acceptors (Lipinski definition) is 2. The van der Waals surface area contributed by atoms with E-state index in [1.165, 1.54) is 26.1 Å². The van der Waals surface area contributed by atoms with E-state index in [2.05, 4.69) is 23.8 Å². The average Bonchev–Trinajstić information content (AvgIpc) is 2.44. The number of piperazine rings is 1. The topological polar surface area (TPSA) is 6.48 Å². The van der Waals surface area contributed by atoms with Crippen molar-refractivity contribution in [2.24, 2.45) is 0 Å². The van der Waals surface area contributed by atoms with Crippen LogP contribution in [0.25, 0.3) is 0 Å². The quantitative estimate of drug-likeness (QED) is 0.520. The third-order valence-corrected chi connectivity index (χ3v) is 3.03. The third-order valence-electron chi connectivity index (χ3n) is 3.03. The highest BCUT2D eigenvalue weighted by Crippen LogP contribution is 2.28. The molecule has 2 aliphatic rings. The molecule has 0 radical (unpaired) electrons. The van der Waals surface area contributed by atoms with Crippen LogP contribution in [-0.4, -0.2) is 48.6 Å². The van der Waals surface area contributed by atoms with Crippen LogP contribution in [0.1, 0.15) is 13.3 Å². The van der Waals surface area contributed by atoms with Gasteiger partial charge in [-0.1, -0.05) is 6.92 Å². The second-order valence-electron chi connectivity index (χ2n) is 3.57. The van der Waals surface area contributed by atoms with Crippen molar-refractivity contribution in [3.63, 3.8) is 0 Å². The first-order valence-corrected chi connectivity index (χ1v) is 4.25. The van der Waals surface area contributed by atoms with E-state index in [1.54, 1.807) is 0 Å². The molecule has 0 amide bonds. The van der Waals surface area contributed by atoms with Gasteiger partial charge in [-0.05, 0) is 20.0 Å². The molecule has 0 saturated carbocycles. The molecule has 2 fully saturated rings. The van der Waals surface area contributed by atoms with Crippen LogP contribution in [0.2, 0.25) is 0 Å². The molecule has 2 heterocycles. The zero-order valence-corrected chi connectivity index (χ0v) is 6.88. The van der Waals surface area contributed by atoms with Gasteiger partial charge in [0.25, 0.3) is 0 Å². The Morgan fingerprint density at radius 2 is 2.10 bits per heavy atom. The molecule has 0 aromatic heterocycles. The van der Waals surface area contributed by atoms with E-state index in [4.69, 9.17) is 0 Å². The maximum atomic E-state index is 2.60. The van der Waals surface area contributed by atoms with Crippen LogP contribution in [0.15, 0.2) is 0 Å². The standard InChI is InChI=1S/C8H16N2/c1-3-10-6-7-4-8(10)5-9(7)2/h7-8H,3-6H2,1-2H3/t7-,8?/m1/s1. The zero-order valence-electron chi connectivity index (χ0n) is 6.88. The lowest BCUT2D eigenvalue weighted by molar-refractivity contribution is 0.155. The SMILES string of the molecule is CCN1C[C@H]2CC1CN2C. The monoisotopic (exact) mass is 140 g/mol. The van der Waals surface area contributed by atoms with Gasteiger partial charge < -0.3 is 4.90 Å². The summed E-state index contributed by atoms with van der Waals surface area (Å²) >= 11 is 0. The van der Waals surface area contributed by atoms with E-state index in [9.17, 15) is 0 Å². The summed E-state index contributed by atoms with van der Waals surface area (Å²) in [5, 5.41) is 0. The Morgan fingerprint density at radius 3 is 2.50 bits per heavy atom. The normalized spacial score (nSPS) is 41.4. The molecule has 2 atom stereocenters. The maximum absolute atomic E-state index is 2.60. The fraction of sp³-hybridized carbons (Fsp3) is 1.00. The molecular weight excluding hydrogens is 124 g/mol. The highest BCUT2D eigenvalue weighted by molar-refractivity contribution is 4.97. The van der Waals surface area contributed by atoms with E-state index < -0.39 is 0 Å². The van der Waals surface area contributed by atoms with Crippen LogP contribution in [0.5, 0.6) is 0 Å². The minimum Gasteiger partial charge on any atom is -0.301 e. The van der Waals surface area contributed by atoms with Crippen molar-refractivity contribution in [1.29, 1.82) is 0 Å². The van der Waals surface area contributed by atoms with Crippen molar-refractivity contribution in [3.05, 3.63) is 0 Å². The van der Waals surface area contributed by atoms with Crippen LogP contribution in [0, 0.1) is 0 Å². The van der Waals surface area contributed by atoms with Gasteiger partial charge in [0.1, 0.15) is 0 Å². The summed E-state index contributed by atoms with van der Waals surface area (Å²) < 4.78 is 0. The summed E-state index contributed by atoms with van der Waals surface area (Å²) in [5.74, 6) is 0. The molecule has 2 bridgehead atoms. The summed E-state index contributed by atoms with van der Waals surface area (Å²) in [4.78, 5) is 5.10. The van der Waals surface area contributed by atoms with Gasteiger partial charge in [0.2, 0.25) is 0 Å². The Bertz CT molecular complexity index is 133. The molecule has 0 aromatic carbocycles. The number of fused-ring (bicyclic) bond motifs is 2. The molecular formula is C8H16N2. The summed E-state index contributed by atoms with van der Waals surface area (Å²) in [6, 6.07) is 1.77. The number of hydrogen-bond donors (Lipinski definition) is 0. The van der Waals surface area contributed by atoms with E-state index in [0.29, 0.717) is 0 Å². The fourth-order valence-corrected chi connectivity index (χ4v) is 2.34. The van der Waals surface area contributed by atoms with Crippen molar-refractivity contribution in [2.45, 2.75) is 25.4 Å². The smallest absolute Gasteiger partial charge is 0.0239 e. The van der Waals surface area contributed by atoms with Crippen LogP contribution >= 0.6 is 0 Å². The Kier molecular flexibility index (Phi) is 1.46. The summed E-state index contributed by atoms with van der Waals surface area (Å²) in [5.41, 5.74) is 0. The van der Waals surface area contributed by atoms with Gasteiger partial charge in [-0.15, -0.1) is 0 Å². The molecule has 0 N–H and O–H groups in total. The van der Waals surface area contributed by atoms with Crippen molar-refractivity contribution in [1.82, 2.24) is 9.80 Å². The van der Waals surface area contributed by atoms with E-state index in [0.717, 1.165) is 12.1 Å². The van der Waals surface area contributed by atoms with Gasteiger partial charge in [0, 0.05) is 25.2 Å². The first-order valence-electron chi connectivity index (χ1n) is 4.25. The van der Waals surface area contributed by atoms with Crippen LogP contribution in [-0.2, 0) is 0 Å². The predicted octanol–water partition coefficient (Wildman–Crippen LogP) is 0.395. The van der Waals surface area contributed by atoms with Gasteiger partial charge in [0.15, 0.2) is 0 Å². The van der Waals surface area contributed by atoms with Crippen molar-refractivity contribution in [3.8, 4) is 0 Å². The summed E-state index contributed by atoms with van der Waals surface area (Å²) in [7, 11) is 2.25. The second-order valence-corrected chi connectivity index (χ2v) is 3.57. The largest absolute Gasteiger partial charge is 0.301 e. The minimum atomic E-state index is 0.880. The molecule has 2 aliphatic heterocycles. The van der Waals surface area contributed by atoms with Crippen LogP contribution < -0.4 is 0 Å². The number of nitrogens with zero attached hydrogens (tertiary/aromatic N) is 2. The molecule has 2 saturated heterocycles. The van der Waals surface area contributed by atoms with E-state index in [1.807, 2.05) is 0 Å². The fourth-order valence-electron chi connectivity index (χ4n) is 2.34. The molecule has 0 aromatic rings. The van der Waals surface area contributed by atoms with E-state index >= 15 is 0 Å². The van der Waals surface area contributed by atoms with Crippen molar-refractivity contribution < 1.29 is 0 Å². The summed E-state index contributed by atoms with van der Waals surface area (Å²) in [6.07, 6.45) is 1.42. The Balaban J connectivity index is 2.02. The molecule has 58 valence electrons.